The van der Waals surface area contributed by atoms with E-state index in [-0.39, 0.29) is 18.9 Å². The van der Waals surface area contributed by atoms with E-state index in [1.807, 2.05) is 36.4 Å². The summed E-state index contributed by atoms with van der Waals surface area (Å²) < 4.78 is 0. The van der Waals surface area contributed by atoms with E-state index in [0.29, 0.717) is 22.2 Å². The van der Waals surface area contributed by atoms with E-state index in [9.17, 15) is 4.79 Å². The number of nitriles is 1. The average Bonchev–Trinajstić information content (AvgIpc) is 2.51. The number of halogens is 2. The number of amides is 1. The minimum absolute atomic E-state index is 0.0236. The SMILES string of the molecule is N#CCN(Cc1ccccc1)C(=O)Cc1c(Cl)cccc1Cl. The van der Waals surface area contributed by atoms with Crippen LogP contribution in [0, 0.1) is 11.3 Å². The molecule has 0 saturated carbocycles. The number of carbonyl (C=O) groups excluding carboxylic acids is 1. The molecule has 0 saturated heterocycles. The molecule has 0 unspecified atom stereocenters. The molecule has 0 heterocycles. The van der Waals surface area contributed by atoms with Gasteiger partial charge < -0.3 is 4.90 Å². The van der Waals surface area contributed by atoms with Crippen molar-refractivity contribution >= 4 is 29.1 Å². The first kappa shape index (κ1) is 16.4. The summed E-state index contributed by atoms with van der Waals surface area (Å²) in [5, 5.41) is 9.85. The molecule has 22 heavy (non-hydrogen) atoms. The molecule has 1 amide bonds. The minimum atomic E-state index is -0.180. The second-order valence-corrected chi connectivity index (χ2v) is 5.58. The average molecular weight is 333 g/mol. The molecule has 2 aromatic carbocycles. The third kappa shape index (κ3) is 4.24. The molecule has 0 N–H and O–H groups in total. The molecule has 0 aliphatic heterocycles. The molecule has 2 rings (SSSR count). The first-order valence-corrected chi connectivity index (χ1v) is 7.49. The Morgan fingerprint density at radius 3 is 2.27 bits per heavy atom. The molecule has 0 spiro atoms. The second kappa shape index (κ2) is 7.84. The van der Waals surface area contributed by atoms with Crippen LogP contribution in [-0.4, -0.2) is 17.4 Å². The lowest BCUT2D eigenvalue weighted by Crippen LogP contribution is -2.32. The largest absolute Gasteiger partial charge is 0.325 e. The highest BCUT2D eigenvalue weighted by Crippen LogP contribution is 2.25. The lowest BCUT2D eigenvalue weighted by molar-refractivity contribution is -0.130. The Morgan fingerprint density at radius 1 is 1.05 bits per heavy atom. The highest BCUT2D eigenvalue weighted by atomic mass is 35.5. The van der Waals surface area contributed by atoms with Crippen LogP contribution in [0.25, 0.3) is 0 Å². The van der Waals surface area contributed by atoms with Gasteiger partial charge >= 0.3 is 0 Å². The van der Waals surface area contributed by atoms with E-state index in [1.54, 1.807) is 18.2 Å². The summed E-state index contributed by atoms with van der Waals surface area (Å²) in [6, 6.07) is 16.7. The molecule has 0 aromatic heterocycles. The summed E-state index contributed by atoms with van der Waals surface area (Å²) in [6.45, 7) is 0.408. The van der Waals surface area contributed by atoms with Gasteiger partial charge in [0.05, 0.1) is 12.5 Å². The van der Waals surface area contributed by atoms with Gasteiger partial charge in [-0.05, 0) is 23.3 Å². The second-order valence-electron chi connectivity index (χ2n) is 4.77. The molecular formula is C17H14Cl2N2O. The van der Waals surface area contributed by atoms with Crippen LogP contribution in [-0.2, 0) is 17.8 Å². The number of benzene rings is 2. The van der Waals surface area contributed by atoms with Crippen LogP contribution in [0.3, 0.4) is 0 Å². The highest BCUT2D eigenvalue weighted by Gasteiger charge is 2.17. The molecule has 5 heteroatoms. The van der Waals surface area contributed by atoms with Gasteiger partial charge in [-0.15, -0.1) is 0 Å². The number of carbonyl (C=O) groups is 1. The molecule has 0 radical (unpaired) electrons. The first-order valence-electron chi connectivity index (χ1n) is 6.73. The Bertz CT molecular complexity index is 675. The van der Waals surface area contributed by atoms with Crippen molar-refractivity contribution in [3.05, 3.63) is 69.7 Å². The zero-order valence-corrected chi connectivity index (χ0v) is 13.3. The van der Waals surface area contributed by atoms with E-state index in [1.165, 1.54) is 4.90 Å². The molecule has 2 aromatic rings. The van der Waals surface area contributed by atoms with Crippen molar-refractivity contribution in [1.29, 1.82) is 5.26 Å². The van der Waals surface area contributed by atoms with Crippen molar-refractivity contribution in [2.75, 3.05) is 6.54 Å². The maximum atomic E-state index is 12.5. The monoisotopic (exact) mass is 332 g/mol. The first-order chi connectivity index (χ1) is 10.6. The fourth-order valence-electron chi connectivity index (χ4n) is 2.09. The lowest BCUT2D eigenvalue weighted by Gasteiger charge is -2.20. The zero-order chi connectivity index (χ0) is 15.9. The van der Waals surface area contributed by atoms with Crippen LogP contribution in [0.5, 0.6) is 0 Å². The number of nitrogens with zero attached hydrogens (tertiary/aromatic N) is 2. The van der Waals surface area contributed by atoms with E-state index in [2.05, 4.69) is 0 Å². The molecule has 0 aliphatic carbocycles. The van der Waals surface area contributed by atoms with Crippen molar-refractivity contribution in [3.63, 3.8) is 0 Å². The summed E-state index contributed by atoms with van der Waals surface area (Å²) in [4.78, 5) is 14.0. The van der Waals surface area contributed by atoms with Gasteiger partial charge in [0.1, 0.15) is 6.54 Å². The summed E-state index contributed by atoms with van der Waals surface area (Å²) in [5.74, 6) is -0.180. The Balaban J connectivity index is 2.15. The van der Waals surface area contributed by atoms with Crippen molar-refractivity contribution in [3.8, 4) is 6.07 Å². The summed E-state index contributed by atoms with van der Waals surface area (Å²) >= 11 is 12.2. The Hall–Kier alpha value is -2.02. The minimum Gasteiger partial charge on any atom is -0.325 e. The van der Waals surface area contributed by atoms with Crippen LogP contribution in [0.15, 0.2) is 48.5 Å². The van der Waals surface area contributed by atoms with Gasteiger partial charge in [0.15, 0.2) is 0 Å². The van der Waals surface area contributed by atoms with E-state index in [0.717, 1.165) is 5.56 Å². The van der Waals surface area contributed by atoms with Crippen molar-refractivity contribution in [2.45, 2.75) is 13.0 Å². The van der Waals surface area contributed by atoms with Crippen LogP contribution in [0.1, 0.15) is 11.1 Å². The lowest BCUT2D eigenvalue weighted by atomic mass is 10.1. The Kier molecular flexibility index (Phi) is 5.83. The third-order valence-corrected chi connectivity index (χ3v) is 3.93. The molecule has 112 valence electrons. The van der Waals surface area contributed by atoms with Crippen LogP contribution < -0.4 is 0 Å². The van der Waals surface area contributed by atoms with E-state index >= 15 is 0 Å². The topological polar surface area (TPSA) is 44.1 Å². The molecule has 0 atom stereocenters. The summed E-state index contributed by atoms with van der Waals surface area (Å²) in [6.07, 6.45) is 0.0764. The molecule has 3 nitrogen and oxygen atoms in total. The van der Waals surface area contributed by atoms with E-state index in [4.69, 9.17) is 28.5 Å². The summed E-state index contributed by atoms with van der Waals surface area (Å²) in [7, 11) is 0. The van der Waals surface area contributed by atoms with Gasteiger partial charge in [-0.2, -0.15) is 5.26 Å². The molecular weight excluding hydrogens is 319 g/mol. The van der Waals surface area contributed by atoms with Gasteiger partial charge in [0, 0.05) is 16.6 Å². The highest BCUT2D eigenvalue weighted by molar-refractivity contribution is 6.36. The van der Waals surface area contributed by atoms with Crippen molar-refractivity contribution in [1.82, 2.24) is 4.90 Å². The predicted octanol–water partition coefficient (Wildman–Crippen LogP) is 4.09. The van der Waals surface area contributed by atoms with Gasteiger partial charge in [-0.1, -0.05) is 59.6 Å². The van der Waals surface area contributed by atoms with Gasteiger partial charge in [0.25, 0.3) is 0 Å². The standard InChI is InChI=1S/C17H14Cl2N2O/c18-15-7-4-8-16(19)14(15)11-17(22)21(10-9-20)12-13-5-2-1-3-6-13/h1-8H,10-12H2. The van der Waals surface area contributed by atoms with Crippen molar-refractivity contribution < 1.29 is 4.79 Å². The maximum absolute atomic E-state index is 12.5. The van der Waals surface area contributed by atoms with E-state index < -0.39 is 0 Å². The molecule has 0 fully saturated rings. The number of hydrogen-bond donors (Lipinski definition) is 0. The normalized spacial score (nSPS) is 10.0. The molecule has 0 aliphatic rings. The van der Waals surface area contributed by atoms with Gasteiger partial charge in [-0.25, -0.2) is 0 Å². The Morgan fingerprint density at radius 2 is 1.68 bits per heavy atom. The van der Waals surface area contributed by atoms with Gasteiger partial charge in [-0.3, -0.25) is 4.79 Å². The quantitative estimate of drug-likeness (QED) is 0.774. The number of rotatable bonds is 5. The predicted molar refractivity (Wildman–Crippen MR) is 87.6 cm³/mol. The molecule has 0 bridgehead atoms. The summed E-state index contributed by atoms with van der Waals surface area (Å²) in [5.41, 5.74) is 1.56. The fourth-order valence-corrected chi connectivity index (χ4v) is 2.62. The maximum Gasteiger partial charge on any atom is 0.228 e. The van der Waals surface area contributed by atoms with Crippen LogP contribution in [0.2, 0.25) is 10.0 Å². The third-order valence-electron chi connectivity index (χ3n) is 3.22. The smallest absolute Gasteiger partial charge is 0.228 e. The van der Waals surface area contributed by atoms with Crippen LogP contribution >= 0.6 is 23.2 Å². The van der Waals surface area contributed by atoms with Gasteiger partial charge in [0.2, 0.25) is 5.91 Å². The Labute approximate surface area is 139 Å². The number of hydrogen-bond acceptors (Lipinski definition) is 2. The van der Waals surface area contributed by atoms with Crippen LogP contribution in [0.4, 0.5) is 0 Å². The zero-order valence-electron chi connectivity index (χ0n) is 11.8. The fraction of sp³-hybridized carbons (Fsp3) is 0.176. The van der Waals surface area contributed by atoms with Crippen molar-refractivity contribution in [2.24, 2.45) is 0 Å².